The summed E-state index contributed by atoms with van der Waals surface area (Å²) in [7, 11) is 3.14. The van der Waals surface area contributed by atoms with Crippen molar-refractivity contribution in [2.45, 2.75) is 39.6 Å². The summed E-state index contributed by atoms with van der Waals surface area (Å²) in [6.07, 6.45) is 0. The molecular formula is C24H28N2O5S. The van der Waals surface area contributed by atoms with E-state index in [9.17, 15) is 9.90 Å². The molecule has 0 aliphatic carbocycles. The van der Waals surface area contributed by atoms with Gasteiger partial charge in [-0.2, -0.15) is 0 Å². The first-order chi connectivity index (χ1) is 15.5. The summed E-state index contributed by atoms with van der Waals surface area (Å²) < 4.78 is 16.8. The van der Waals surface area contributed by atoms with E-state index in [1.54, 1.807) is 36.6 Å². The lowest BCUT2D eigenvalue weighted by Crippen LogP contribution is -2.36. The van der Waals surface area contributed by atoms with E-state index in [-0.39, 0.29) is 25.2 Å². The van der Waals surface area contributed by atoms with Gasteiger partial charge in [-0.25, -0.2) is 4.98 Å². The number of methoxy groups -OCH3 is 2. The molecule has 1 heterocycles. The molecule has 7 nitrogen and oxygen atoms in total. The summed E-state index contributed by atoms with van der Waals surface area (Å²) in [6.45, 7) is 4.53. The standard InChI is InChI=1S/C24H28N2O5S/c1-16(2)26(24(28)19-7-5-6-8-20(19)29-3)12-17-9-10-21(30-4)22(11-17)31-14-23-25-18(13-27)15-32-23/h5-11,15-16,27H,12-14H2,1-4H3. The molecule has 0 bridgehead atoms. The Bertz CT molecular complexity index is 1050. The van der Waals surface area contributed by atoms with Crippen LogP contribution in [-0.4, -0.2) is 41.2 Å². The lowest BCUT2D eigenvalue weighted by molar-refractivity contribution is 0.0686. The molecule has 0 saturated carbocycles. The molecule has 1 amide bonds. The minimum Gasteiger partial charge on any atom is -0.496 e. The van der Waals surface area contributed by atoms with Crippen molar-refractivity contribution in [1.82, 2.24) is 9.88 Å². The molecule has 3 aromatic rings. The molecule has 3 rings (SSSR count). The van der Waals surface area contributed by atoms with E-state index in [0.717, 1.165) is 10.6 Å². The van der Waals surface area contributed by atoms with Crippen molar-refractivity contribution in [3.63, 3.8) is 0 Å². The predicted molar refractivity (Wildman–Crippen MR) is 123 cm³/mol. The third kappa shape index (κ3) is 5.57. The van der Waals surface area contributed by atoms with Crippen LogP contribution in [0.5, 0.6) is 17.2 Å². The SMILES string of the molecule is COc1ccc(CN(C(=O)c2ccccc2OC)C(C)C)cc1OCc1nc(CO)cs1. The highest BCUT2D eigenvalue weighted by Gasteiger charge is 2.22. The van der Waals surface area contributed by atoms with E-state index in [2.05, 4.69) is 4.98 Å². The molecule has 1 N–H and O–H groups in total. The van der Waals surface area contributed by atoms with Crippen LogP contribution in [0, 0.1) is 0 Å². The zero-order valence-corrected chi connectivity index (χ0v) is 19.5. The van der Waals surface area contributed by atoms with E-state index < -0.39 is 0 Å². The van der Waals surface area contributed by atoms with Gasteiger partial charge in [0.05, 0.1) is 32.1 Å². The predicted octanol–water partition coefficient (Wildman–Crippen LogP) is 4.28. The van der Waals surface area contributed by atoms with Gasteiger partial charge in [0.1, 0.15) is 17.4 Å². The van der Waals surface area contributed by atoms with Gasteiger partial charge in [-0.1, -0.05) is 18.2 Å². The Morgan fingerprint density at radius 3 is 2.50 bits per heavy atom. The van der Waals surface area contributed by atoms with Crippen LogP contribution in [0.25, 0.3) is 0 Å². The Morgan fingerprint density at radius 2 is 1.84 bits per heavy atom. The molecule has 0 aliphatic heterocycles. The molecule has 0 fully saturated rings. The Kier molecular flexibility index (Phi) is 8.08. The minimum atomic E-state index is -0.102. The van der Waals surface area contributed by atoms with Crippen LogP contribution in [0.4, 0.5) is 0 Å². The molecule has 0 spiro atoms. The first kappa shape index (κ1) is 23.6. The van der Waals surface area contributed by atoms with Gasteiger partial charge < -0.3 is 24.2 Å². The summed E-state index contributed by atoms with van der Waals surface area (Å²) in [4.78, 5) is 19.4. The molecule has 0 unspecified atom stereocenters. The van der Waals surface area contributed by atoms with Gasteiger partial charge in [-0.15, -0.1) is 11.3 Å². The van der Waals surface area contributed by atoms with E-state index in [0.29, 0.717) is 35.1 Å². The number of para-hydroxylation sites is 1. The average molecular weight is 457 g/mol. The highest BCUT2D eigenvalue weighted by atomic mass is 32.1. The second-order valence-electron chi connectivity index (χ2n) is 7.39. The Balaban J connectivity index is 1.81. The molecule has 0 saturated heterocycles. The molecule has 0 atom stereocenters. The highest BCUT2D eigenvalue weighted by Crippen LogP contribution is 2.30. The molecule has 2 aromatic carbocycles. The van der Waals surface area contributed by atoms with Crippen LogP contribution in [0.1, 0.15) is 40.5 Å². The van der Waals surface area contributed by atoms with Crippen LogP contribution in [0.3, 0.4) is 0 Å². The number of ether oxygens (including phenoxy) is 3. The molecule has 1 aromatic heterocycles. The third-order valence-corrected chi connectivity index (χ3v) is 5.79. The number of aromatic nitrogens is 1. The summed E-state index contributed by atoms with van der Waals surface area (Å²) >= 11 is 1.43. The van der Waals surface area contributed by atoms with Crippen molar-refractivity contribution >= 4 is 17.2 Å². The molecular weight excluding hydrogens is 428 g/mol. The lowest BCUT2D eigenvalue weighted by atomic mass is 10.1. The fourth-order valence-corrected chi connectivity index (χ4v) is 3.92. The van der Waals surface area contributed by atoms with Crippen LogP contribution >= 0.6 is 11.3 Å². The number of nitrogens with zero attached hydrogens (tertiary/aromatic N) is 2. The molecule has 170 valence electrons. The number of thiazole rings is 1. The average Bonchev–Trinajstić information content (AvgIpc) is 3.28. The second-order valence-corrected chi connectivity index (χ2v) is 8.33. The Hall–Kier alpha value is -3.10. The van der Waals surface area contributed by atoms with Crippen LogP contribution < -0.4 is 14.2 Å². The minimum absolute atomic E-state index is 0.0221. The second kappa shape index (κ2) is 11.0. The third-order valence-electron chi connectivity index (χ3n) is 4.91. The van der Waals surface area contributed by atoms with E-state index >= 15 is 0 Å². The molecule has 8 heteroatoms. The smallest absolute Gasteiger partial charge is 0.258 e. The van der Waals surface area contributed by atoms with Gasteiger partial charge in [0.25, 0.3) is 5.91 Å². The quantitative estimate of drug-likeness (QED) is 0.490. The van der Waals surface area contributed by atoms with Gasteiger partial charge in [-0.05, 0) is 43.7 Å². The summed E-state index contributed by atoms with van der Waals surface area (Å²) in [5.74, 6) is 1.61. The number of benzene rings is 2. The van der Waals surface area contributed by atoms with Crippen LogP contribution in [0.2, 0.25) is 0 Å². The largest absolute Gasteiger partial charge is 0.496 e. The van der Waals surface area contributed by atoms with Crippen molar-refractivity contribution in [3.05, 3.63) is 69.7 Å². The zero-order valence-electron chi connectivity index (χ0n) is 18.7. The number of hydrogen-bond acceptors (Lipinski definition) is 7. The number of carbonyl (C=O) groups excluding carboxylic acids is 1. The number of carbonyl (C=O) groups is 1. The van der Waals surface area contributed by atoms with Crippen molar-refractivity contribution in [3.8, 4) is 17.2 Å². The van der Waals surface area contributed by atoms with E-state index in [1.165, 1.54) is 11.3 Å². The van der Waals surface area contributed by atoms with Crippen molar-refractivity contribution < 1.29 is 24.1 Å². The van der Waals surface area contributed by atoms with Crippen LogP contribution in [-0.2, 0) is 19.8 Å². The summed E-state index contributed by atoms with van der Waals surface area (Å²) in [5, 5.41) is 11.7. The number of aliphatic hydroxyl groups is 1. The normalized spacial score (nSPS) is 10.8. The van der Waals surface area contributed by atoms with Gasteiger partial charge in [0.2, 0.25) is 0 Å². The van der Waals surface area contributed by atoms with E-state index in [1.807, 2.05) is 44.2 Å². The van der Waals surface area contributed by atoms with E-state index in [4.69, 9.17) is 14.2 Å². The number of aliphatic hydroxyl groups excluding tert-OH is 1. The number of amides is 1. The lowest BCUT2D eigenvalue weighted by Gasteiger charge is -2.28. The molecule has 32 heavy (non-hydrogen) atoms. The first-order valence-corrected chi connectivity index (χ1v) is 11.1. The monoisotopic (exact) mass is 456 g/mol. The van der Waals surface area contributed by atoms with Gasteiger partial charge in [0, 0.05) is 18.0 Å². The molecule has 0 aliphatic rings. The Labute approximate surface area is 192 Å². The van der Waals surface area contributed by atoms with Gasteiger partial charge in [0.15, 0.2) is 11.5 Å². The summed E-state index contributed by atoms with van der Waals surface area (Å²) in [6, 6.07) is 12.8. The highest BCUT2D eigenvalue weighted by molar-refractivity contribution is 7.09. The number of rotatable bonds is 10. The zero-order chi connectivity index (χ0) is 23.1. The fourth-order valence-electron chi connectivity index (χ4n) is 3.22. The maximum absolute atomic E-state index is 13.3. The Morgan fingerprint density at radius 1 is 1.09 bits per heavy atom. The fraction of sp³-hybridized carbons (Fsp3) is 0.333. The van der Waals surface area contributed by atoms with Crippen molar-refractivity contribution in [2.24, 2.45) is 0 Å². The van der Waals surface area contributed by atoms with Gasteiger partial charge >= 0.3 is 0 Å². The first-order valence-electron chi connectivity index (χ1n) is 10.2. The molecule has 0 radical (unpaired) electrons. The maximum atomic E-state index is 13.3. The van der Waals surface area contributed by atoms with Crippen molar-refractivity contribution in [1.29, 1.82) is 0 Å². The maximum Gasteiger partial charge on any atom is 0.258 e. The van der Waals surface area contributed by atoms with Gasteiger partial charge in [-0.3, -0.25) is 4.79 Å². The number of hydrogen-bond donors (Lipinski definition) is 1. The summed E-state index contributed by atoms with van der Waals surface area (Å²) in [5.41, 5.74) is 2.06. The van der Waals surface area contributed by atoms with Crippen molar-refractivity contribution in [2.75, 3.05) is 14.2 Å². The van der Waals surface area contributed by atoms with Crippen LogP contribution in [0.15, 0.2) is 47.8 Å². The topological polar surface area (TPSA) is 81.1 Å².